The van der Waals surface area contributed by atoms with Gasteiger partial charge in [0.05, 0.1) is 18.1 Å². The number of hydrazone groups is 1. The Kier molecular flexibility index (Phi) is 4.08. The van der Waals surface area contributed by atoms with Gasteiger partial charge in [-0.3, -0.25) is 9.59 Å². The molecule has 1 saturated heterocycles. The Morgan fingerprint density at radius 1 is 0.929 bits per heavy atom. The molecule has 2 aromatic carbocycles. The number of imide groups is 1. The number of ether oxygens (including phenoxy) is 1. The van der Waals surface area contributed by atoms with Gasteiger partial charge in [-0.05, 0) is 36.0 Å². The number of hydrogen-bond donors (Lipinski definition) is 0. The third-order valence-corrected chi connectivity index (χ3v) is 5.92. The van der Waals surface area contributed by atoms with Crippen molar-refractivity contribution < 1.29 is 14.3 Å². The average Bonchev–Trinajstić information content (AvgIpc) is 3.41. The smallest absolute Gasteiger partial charge is 0.254 e. The van der Waals surface area contributed by atoms with Crippen molar-refractivity contribution in [2.45, 2.75) is 13.0 Å². The molecule has 2 fully saturated rings. The molecule has 4 atom stereocenters. The second-order valence-corrected chi connectivity index (χ2v) is 7.54. The van der Waals surface area contributed by atoms with Crippen molar-refractivity contribution in [2.24, 2.45) is 28.8 Å². The van der Waals surface area contributed by atoms with Gasteiger partial charge in [0.1, 0.15) is 12.4 Å². The van der Waals surface area contributed by atoms with Crippen LogP contribution < -0.4 is 4.74 Å². The molecule has 5 heteroatoms. The molecule has 2 aromatic rings. The molecule has 0 radical (unpaired) electrons. The topological polar surface area (TPSA) is 59.0 Å². The van der Waals surface area contributed by atoms with Crippen LogP contribution in [0.4, 0.5) is 0 Å². The molecule has 4 unspecified atom stereocenters. The Hall–Kier alpha value is -3.21. The van der Waals surface area contributed by atoms with Crippen LogP contribution in [0, 0.1) is 23.7 Å². The lowest BCUT2D eigenvalue weighted by molar-refractivity contribution is -0.140. The quantitative estimate of drug-likeness (QED) is 0.459. The van der Waals surface area contributed by atoms with Gasteiger partial charge in [-0.25, -0.2) is 0 Å². The molecule has 5 rings (SSSR count). The van der Waals surface area contributed by atoms with Crippen LogP contribution in [0.3, 0.4) is 0 Å². The van der Waals surface area contributed by atoms with E-state index in [0.29, 0.717) is 12.4 Å². The van der Waals surface area contributed by atoms with Crippen molar-refractivity contribution in [3.8, 4) is 5.75 Å². The monoisotopic (exact) mass is 372 g/mol. The van der Waals surface area contributed by atoms with Gasteiger partial charge < -0.3 is 4.74 Å². The molecule has 140 valence electrons. The summed E-state index contributed by atoms with van der Waals surface area (Å²) in [6.07, 6.45) is 6.63. The van der Waals surface area contributed by atoms with Crippen LogP contribution >= 0.6 is 0 Å². The zero-order valence-corrected chi connectivity index (χ0v) is 15.3. The standard InChI is InChI=1S/C23H20N2O3/c26-22-20-16-10-11-17(12-16)21(20)23(27)25(22)24-13-18-8-4-5-9-19(18)28-14-15-6-2-1-3-7-15/h1-11,13,16-17,20-21H,12,14H2/b24-13+. The van der Waals surface area contributed by atoms with E-state index >= 15 is 0 Å². The third kappa shape index (κ3) is 2.74. The van der Waals surface area contributed by atoms with Crippen LogP contribution in [0.15, 0.2) is 71.9 Å². The average molecular weight is 372 g/mol. The maximum atomic E-state index is 12.7. The number of para-hydroxylation sites is 1. The molecule has 2 aliphatic carbocycles. The first kappa shape index (κ1) is 16.9. The van der Waals surface area contributed by atoms with Gasteiger partial charge in [0, 0.05) is 5.56 Å². The van der Waals surface area contributed by atoms with E-state index in [2.05, 4.69) is 17.3 Å². The van der Waals surface area contributed by atoms with Gasteiger partial charge in [0.2, 0.25) is 0 Å². The largest absolute Gasteiger partial charge is 0.488 e. The summed E-state index contributed by atoms with van der Waals surface area (Å²) in [5.74, 6) is 0.224. The molecule has 5 nitrogen and oxygen atoms in total. The first-order valence-electron chi connectivity index (χ1n) is 9.58. The number of amides is 2. The van der Waals surface area contributed by atoms with Crippen LogP contribution in [0.2, 0.25) is 0 Å². The first-order chi connectivity index (χ1) is 13.7. The lowest BCUT2D eigenvalue weighted by Crippen LogP contribution is -2.28. The van der Waals surface area contributed by atoms with Crippen LogP contribution in [0.25, 0.3) is 0 Å². The number of benzene rings is 2. The summed E-state index contributed by atoms with van der Waals surface area (Å²) >= 11 is 0. The number of carbonyl (C=O) groups excluding carboxylic acids is 2. The summed E-state index contributed by atoms with van der Waals surface area (Å²) in [5.41, 5.74) is 1.80. The van der Waals surface area contributed by atoms with Gasteiger partial charge >= 0.3 is 0 Å². The molecule has 1 heterocycles. The molecule has 28 heavy (non-hydrogen) atoms. The Morgan fingerprint density at radius 2 is 1.57 bits per heavy atom. The highest BCUT2D eigenvalue weighted by atomic mass is 16.5. The number of rotatable bonds is 5. The van der Waals surface area contributed by atoms with E-state index in [1.165, 1.54) is 0 Å². The van der Waals surface area contributed by atoms with Crippen LogP contribution in [-0.4, -0.2) is 23.0 Å². The Labute approximate surface area is 163 Å². The minimum absolute atomic E-state index is 0.175. The van der Waals surface area contributed by atoms with Gasteiger partial charge in [-0.15, -0.1) is 0 Å². The second kappa shape index (κ2) is 6.75. The number of hydrogen-bond acceptors (Lipinski definition) is 4. The van der Waals surface area contributed by atoms with Crippen LogP contribution in [0.1, 0.15) is 17.5 Å². The van der Waals surface area contributed by atoms with Gasteiger partial charge in [-0.1, -0.05) is 54.6 Å². The lowest BCUT2D eigenvalue weighted by atomic mass is 9.85. The number of fused-ring (bicyclic) bond motifs is 5. The van der Waals surface area contributed by atoms with Gasteiger partial charge in [0.15, 0.2) is 0 Å². The second-order valence-electron chi connectivity index (χ2n) is 7.54. The van der Waals surface area contributed by atoms with E-state index < -0.39 is 0 Å². The van der Waals surface area contributed by atoms with E-state index in [1.807, 2.05) is 54.6 Å². The van der Waals surface area contributed by atoms with E-state index in [4.69, 9.17) is 4.74 Å². The van der Waals surface area contributed by atoms with Gasteiger partial charge in [0.25, 0.3) is 11.8 Å². The summed E-state index contributed by atoms with van der Waals surface area (Å²) in [4.78, 5) is 25.5. The molecule has 0 aromatic heterocycles. The SMILES string of the molecule is O=C1C2C3C=CC(C3)C2C(=O)N1/N=C/c1ccccc1OCc1ccccc1. The zero-order valence-electron chi connectivity index (χ0n) is 15.3. The van der Waals surface area contributed by atoms with Crippen molar-refractivity contribution >= 4 is 18.0 Å². The highest BCUT2D eigenvalue weighted by Crippen LogP contribution is 2.52. The summed E-state index contributed by atoms with van der Waals surface area (Å²) < 4.78 is 5.92. The highest BCUT2D eigenvalue weighted by molar-refractivity contribution is 6.06. The molecule has 3 aliphatic rings. The number of nitrogens with zero attached hydrogens (tertiary/aromatic N) is 2. The summed E-state index contributed by atoms with van der Waals surface area (Å²) in [6.45, 7) is 0.437. The van der Waals surface area contributed by atoms with Gasteiger partial charge in [-0.2, -0.15) is 10.1 Å². The van der Waals surface area contributed by atoms with Crippen LogP contribution in [0.5, 0.6) is 5.75 Å². The Morgan fingerprint density at radius 3 is 2.29 bits per heavy atom. The molecule has 0 spiro atoms. The van der Waals surface area contributed by atoms with Crippen molar-refractivity contribution in [3.05, 3.63) is 77.9 Å². The summed E-state index contributed by atoms with van der Waals surface area (Å²) in [5, 5.41) is 5.32. The fourth-order valence-corrected chi connectivity index (χ4v) is 4.57. The minimum atomic E-state index is -0.232. The fraction of sp³-hybridized carbons (Fsp3) is 0.261. The summed E-state index contributed by atoms with van der Waals surface area (Å²) in [7, 11) is 0. The first-order valence-corrected chi connectivity index (χ1v) is 9.58. The number of carbonyl (C=O) groups is 2. The molecule has 2 bridgehead atoms. The molecule has 1 saturated carbocycles. The molecular weight excluding hydrogens is 352 g/mol. The molecule has 1 aliphatic heterocycles. The third-order valence-electron chi connectivity index (χ3n) is 5.92. The van der Waals surface area contributed by atoms with Crippen molar-refractivity contribution in [1.82, 2.24) is 5.01 Å². The van der Waals surface area contributed by atoms with E-state index in [0.717, 1.165) is 22.6 Å². The Bertz CT molecular complexity index is 952. The Balaban J connectivity index is 1.33. The zero-order chi connectivity index (χ0) is 19.1. The fourth-order valence-electron chi connectivity index (χ4n) is 4.57. The molecule has 0 N–H and O–H groups in total. The molecular formula is C23H20N2O3. The van der Waals surface area contributed by atoms with E-state index in [1.54, 1.807) is 6.21 Å². The minimum Gasteiger partial charge on any atom is -0.488 e. The van der Waals surface area contributed by atoms with Crippen molar-refractivity contribution in [1.29, 1.82) is 0 Å². The van der Waals surface area contributed by atoms with E-state index in [9.17, 15) is 9.59 Å². The number of allylic oxidation sites excluding steroid dienone is 2. The van der Waals surface area contributed by atoms with E-state index in [-0.39, 0.29) is 35.5 Å². The predicted octanol–water partition coefficient (Wildman–Crippen LogP) is 3.41. The molecule has 2 amide bonds. The van der Waals surface area contributed by atoms with Crippen LogP contribution in [-0.2, 0) is 16.2 Å². The van der Waals surface area contributed by atoms with Crippen molar-refractivity contribution in [2.75, 3.05) is 0 Å². The van der Waals surface area contributed by atoms with Crippen molar-refractivity contribution in [3.63, 3.8) is 0 Å². The highest BCUT2D eigenvalue weighted by Gasteiger charge is 2.59. The maximum absolute atomic E-state index is 12.7. The summed E-state index contributed by atoms with van der Waals surface area (Å²) in [6, 6.07) is 17.4. The lowest BCUT2D eigenvalue weighted by Gasteiger charge is -2.13. The predicted molar refractivity (Wildman–Crippen MR) is 104 cm³/mol. The maximum Gasteiger partial charge on any atom is 0.254 e. The normalized spacial score (nSPS) is 27.8.